The third-order valence-corrected chi connectivity index (χ3v) is 7.11. The molecule has 0 amide bonds. The summed E-state index contributed by atoms with van der Waals surface area (Å²) in [5.41, 5.74) is 2.37. The van der Waals surface area contributed by atoms with E-state index < -0.39 is 9.73 Å². The molecule has 3 rings (SSSR count). The van der Waals surface area contributed by atoms with Crippen molar-refractivity contribution in [3.05, 3.63) is 50.9 Å². The average Bonchev–Trinajstić information content (AvgIpc) is 2.91. The maximum absolute atomic E-state index is 13.0. The molecule has 2 aromatic rings. The van der Waals surface area contributed by atoms with Crippen LogP contribution in [0, 0.1) is 13.8 Å². The summed E-state index contributed by atoms with van der Waals surface area (Å²) in [6.45, 7) is 3.71. The van der Waals surface area contributed by atoms with Gasteiger partial charge in [-0.2, -0.15) is 4.36 Å². The highest BCUT2D eigenvalue weighted by molar-refractivity contribution is 7.93. The number of benzene rings is 1. The summed E-state index contributed by atoms with van der Waals surface area (Å²) in [6.07, 6.45) is 4.37. The van der Waals surface area contributed by atoms with Crippen LogP contribution in [0.5, 0.6) is 0 Å². The van der Waals surface area contributed by atoms with Crippen LogP contribution in [-0.2, 0) is 16.8 Å². The van der Waals surface area contributed by atoms with E-state index in [9.17, 15) is 13.8 Å². The first-order valence-electron chi connectivity index (χ1n) is 8.44. The van der Waals surface area contributed by atoms with Crippen molar-refractivity contribution in [3.8, 4) is 0 Å². The van der Waals surface area contributed by atoms with E-state index in [0.717, 1.165) is 24.8 Å². The lowest BCUT2D eigenvalue weighted by Gasteiger charge is -2.17. The zero-order chi connectivity index (χ0) is 18.2. The van der Waals surface area contributed by atoms with Gasteiger partial charge in [-0.3, -0.25) is 14.3 Å². The lowest BCUT2D eigenvalue weighted by Crippen LogP contribution is -2.20. The van der Waals surface area contributed by atoms with Crippen molar-refractivity contribution in [1.29, 1.82) is 0 Å². The molecule has 0 radical (unpaired) electrons. The summed E-state index contributed by atoms with van der Waals surface area (Å²) in [5, 5.41) is 2.72. The molecule has 1 aliphatic rings. The molecule has 0 atom stereocenters. The van der Waals surface area contributed by atoms with Crippen LogP contribution < -0.4 is 5.56 Å². The Morgan fingerprint density at radius 3 is 2.44 bits per heavy atom. The monoisotopic (exact) mass is 361 g/mol. The fourth-order valence-corrected chi connectivity index (χ4v) is 5.49. The lowest BCUT2D eigenvalue weighted by atomic mass is 9.97. The van der Waals surface area contributed by atoms with Crippen LogP contribution in [-0.4, -0.2) is 31.3 Å². The normalized spacial score (nSPS) is 16.6. The predicted molar refractivity (Wildman–Crippen MR) is 99.2 cm³/mol. The van der Waals surface area contributed by atoms with Crippen LogP contribution in [0.1, 0.15) is 46.3 Å². The van der Waals surface area contributed by atoms with E-state index in [1.54, 1.807) is 13.1 Å². The zero-order valence-electron chi connectivity index (χ0n) is 14.8. The number of carbonyl (C=O) groups is 1. The average molecular weight is 361 g/mol. The maximum atomic E-state index is 13.0. The van der Waals surface area contributed by atoms with Gasteiger partial charge in [0.1, 0.15) is 5.56 Å². The van der Waals surface area contributed by atoms with Crippen molar-refractivity contribution in [3.63, 3.8) is 0 Å². The van der Waals surface area contributed by atoms with E-state index in [4.69, 9.17) is 0 Å². The molecule has 25 heavy (non-hydrogen) atoms. The molecule has 0 saturated carbocycles. The molecule has 134 valence electrons. The Morgan fingerprint density at radius 1 is 1.16 bits per heavy atom. The van der Waals surface area contributed by atoms with Crippen molar-refractivity contribution >= 4 is 21.2 Å². The molecule has 2 heterocycles. The third kappa shape index (κ3) is 3.33. The summed E-state index contributed by atoms with van der Waals surface area (Å²) < 4.78 is 18.8. The molecule has 1 N–H and O–H groups in total. The highest BCUT2D eigenvalue weighted by Gasteiger charge is 2.21. The Kier molecular flexibility index (Phi) is 4.69. The van der Waals surface area contributed by atoms with Gasteiger partial charge in [-0.15, -0.1) is 0 Å². The number of nitrogens with one attached hydrogen (secondary N) is 1. The fraction of sp³-hybridized carbons (Fsp3) is 0.444. The van der Waals surface area contributed by atoms with Crippen LogP contribution in [0.25, 0.3) is 0 Å². The molecule has 1 aliphatic heterocycles. The van der Waals surface area contributed by atoms with E-state index in [2.05, 4.69) is 9.46 Å². The summed E-state index contributed by atoms with van der Waals surface area (Å²) >= 11 is 0. The quantitative estimate of drug-likeness (QED) is 0.853. The van der Waals surface area contributed by atoms with Crippen LogP contribution >= 0.6 is 0 Å². The van der Waals surface area contributed by atoms with Gasteiger partial charge in [-0.25, -0.2) is 4.21 Å². The Bertz CT molecular complexity index is 995. The minimum absolute atomic E-state index is 0.0993. The number of H-pyrrole nitrogens is 1. The van der Waals surface area contributed by atoms with Gasteiger partial charge in [0.05, 0.1) is 15.4 Å². The van der Waals surface area contributed by atoms with Gasteiger partial charge in [-0.05, 0) is 37.8 Å². The van der Waals surface area contributed by atoms with Crippen molar-refractivity contribution in [2.75, 3.05) is 11.5 Å². The molecular weight excluding hydrogens is 338 g/mol. The largest absolute Gasteiger partial charge is 0.302 e. The van der Waals surface area contributed by atoms with Crippen molar-refractivity contribution in [2.24, 2.45) is 11.4 Å². The summed E-state index contributed by atoms with van der Waals surface area (Å²) in [4.78, 5) is 24.8. The second-order valence-corrected chi connectivity index (χ2v) is 9.16. The number of hydrogen-bond acceptors (Lipinski definition) is 4. The summed E-state index contributed by atoms with van der Waals surface area (Å²) in [7, 11) is -0.693. The van der Waals surface area contributed by atoms with Gasteiger partial charge < -0.3 is 5.10 Å². The Balaban J connectivity index is 2.11. The number of ketones is 1. The molecular formula is C18H23N3O3S. The zero-order valence-corrected chi connectivity index (χ0v) is 15.6. The van der Waals surface area contributed by atoms with E-state index >= 15 is 0 Å². The van der Waals surface area contributed by atoms with Gasteiger partial charge in [-0.1, -0.05) is 18.6 Å². The Morgan fingerprint density at radius 2 is 1.84 bits per heavy atom. The first-order valence-corrected chi connectivity index (χ1v) is 10.3. The topological polar surface area (TPSA) is 84.3 Å². The summed E-state index contributed by atoms with van der Waals surface area (Å²) in [5.74, 6) is 0.888. The van der Waals surface area contributed by atoms with Gasteiger partial charge in [0.25, 0.3) is 5.56 Å². The molecule has 6 nitrogen and oxygen atoms in total. The molecule has 0 aliphatic carbocycles. The Hall–Kier alpha value is -2.15. The number of hydrogen-bond donors (Lipinski definition) is 1. The first-order chi connectivity index (χ1) is 11.8. The molecule has 1 saturated heterocycles. The van der Waals surface area contributed by atoms with Crippen molar-refractivity contribution in [1.82, 2.24) is 9.78 Å². The Labute approximate surface area is 147 Å². The third-order valence-electron chi connectivity index (χ3n) is 4.74. The minimum Gasteiger partial charge on any atom is -0.302 e. The predicted octanol–water partition coefficient (Wildman–Crippen LogP) is 2.84. The van der Waals surface area contributed by atoms with Gasteiger partial charge in [0, 0.05) is 30.3 Å². The van der Waals surface area contributed by atoms with Crippen LogP contribution in [0.4, 0.5) is 5.69 Å². The highest BCUT2D eigenvalue weighted by atomic mass is 32.2. The van der Waals surface area contributed by atoms with E-state index in [0.29, 0.717) is 28.3 Å². The number of nitrogens with zero attached hydrogens (tertiary/aromatic N) is 2. The van der Waals surface area contributed by atoms with E-state index in [-0.39, 0.29) is 16.9 Å². The second-order valence-electron chi connectivity index (χ2n) is 6.62. The highest BCUT2D eigenvalue weighted by Crippen LogP contribution is 2.30. The number of aromatic amines is 1. The van der Waals surface area contributed by atoms with Crippen molar-refractivity contribution in [2.45, 2.75) is 33.1 Å². The van der Waals surface area contributed by atoms with Crippen molar-refractivity contribution < 1.29 is 9.00 Å². The molecule has 0 spiro atoms. The van der Waals surface area contributed by atoms with E-state index in [1.807, 2.05) is 19.9 Å². The van der Waals surface area contributed by atoms with Gasteiger partial charge in [0.15, 0.2) is 0 Å². The molecule has 0 bridgehead atoms. The molecule has 0 unspecified atom stereocenters. The number of aryl methyl sites for hydroxylation is 2. The number of rotatable bonds is 3. The molecule has 1 aromatic heterocycles. The molecule has 1 aromatic carbocycles. The summed E-state index contributed by atoms with van der Waals surface area (Å²) in [6, 6.07) is 3.52. The van der Waals surface area contributed by atoms with E-state index in [1.165, 1.54) is 10.9 Å². The fourth-order valence-electron chi connectivity index (χ4n) is 3.18. The minimum atomic E-state index is -2.26. The van der Waals surface area contributed by atoms with Gasteiger partial charge in [0.2, 0.25) is 5.78 Å². The second kappa shape index (κ2) is 6.63. The first kappa shape index (κ1) is 17.7. The SMILES string of the molecule is Cc1ccc(C(=O)c2c[nH]n(C)c2=O)c(C)c1N=S1(=O)CCCCC1. The van der Waals surface area contributed by atoms with Crippen LogP contribution in [0.15, 0.2) is 27.5 Å². The standard InChI is InChI=1S/C18H23N3O3S/c1-12-7-8-14(17(22)15-11-19-21(3)18(15)23)13(2)16(12)20-25(24)9-5-4-6-10-25/h7-8,11,19H,4-6,9-10H2,1-3H3. The number of carbonyl (C=O) groups excluding carboxylic acids is 1. The number of aromatic nitrogens is 2. The van der Waals surface area contributed by atoms with Crippen LogP contribution in [0.3, 0.4) is 0 Å². The smallest absolute Gasteiger partial charge is 0.277 e. The maximum Gasteiger partial charge on any atom is 0.277 e. The molecule has 1 fully saturated rings. The van der Waals surface area contributed by atoms with Crippen LogP contribution in [0.2, 0.25) is 0 Å². The van der Waals surface area contributed by atoms with Gasteiger partial charge >= 0.3 is 0 Å². The molecule has 7 heteroatoms. The lowest BCUT2D eigenvalue weighted by molar-refractivity contribution is 0.103.